The van der Waals surface area contributed by atoms with Crippen LogP contribution in [0.5, 0.6) is 5.75 Å². The molecule has 202 valence electrons. The number of halogens is 1. The van der Waals surface area contributed by atoms with E-state index in [9.17, 15) is 24.3 Å². The number of aryl methyl sites for hydroxylation is 1. The zero-order valence-electron chi connectivity index (χ0n) is 21.0. The van der Waals surface area contributed by atoms with E-state index < -0.39 is 23.0 Å². The molecule has 4 aromatic rings. The Bertz CT molecular complexity index is 1700. The molecule has 3 atom stereocenters. The number of benzene rings is 3. The number of carbonyl (C=O) groups excluding carboxylic acids is 3. The first-order valence-electron chi connectivity index (χ1n) is 12.4. The lowest BCUT2D eigenvalue weighted by atomic mass is 9.83. The number of hydrogen-bond acceptors (Lipinski definition) is 7. The zero-order chi connectivity index (χ0) is 28.1. The third-order valence-corrected chi connectivity index (χ3v) is 9.88. The van der Waals surface area contributed by atoms with Crippen LogP contribution >= 0.6 is 34.7 Å². The van der Waals surface area contributed by atoms with Crippen LogP contribution in [0.15, 0.2) is 82.6 Å². The first-order valence-corrected chi connectivity index (χ1v) is 14.5. The summed E-state index contributed by atoms with van der Waals surface area (Å²) in [5.41, 5.74) is 2.73. The van der Waals surface area contributed by atoms with E-state index >= 15 is 0 Å². The molecule has 0 saturated carbocycles. The normalized spacial score (nSPS) is 19.9. The standard InChI is InChI=1S/C29H22ClN3O5S2/c1-15-2-10-19(11-3-15)33-26(36)23-22(16-4-6-17(30)7-5-16)25-28(39-24(23)27(33)37)32(29(38)40-25)14-21(35)31-18-8-12-20(34)13-9-18/h2-13,22-24,34H,14H2,1H3,(H,31,35)/t22-,23?,24?/m1/s1. The van der Waals surface area contributed by atoms with Crippen molar-refractivity contribution in [3.05, 3.63) is 103 Å². The lowest BCUT2D eigenvalue weighted by Gasteiger charge is -2.30. The maximum atomic E-state index is 13.9. The number of amides is 3. The molecule has 40 heavy (non-hydrogen) atoms. The third-order valence-electron chi connectivity index (χ3n) is 7.02. The largest absolute Gasteiger partial charge is 0.508 e. The van der Waals surface area contributed by atoms with Gasteiger partial charge in [0.15, 0.2) is 0 Å². The summed E-state index contributed by atoms with van der Waals surface area (Å²) in [6.45, 7) is 1.66. The third kappa shape index (κ3) is 4.61. The molecule has 2 aliphatic rings. The van der Waals surface area contributed by atoms with Crippen molar-refractivity contribution in [1.82, 2.24) is 4.57 Å². The molecule has 0 bridgehead atoms. The van der Waals surface area contributed by atoms with Gasteiger partial charge in [0.2, 0.25) is 17.7 Å². The highest BCUT2D eigenvalue weighted by Gasteiger charge is 2.56. The summed E-state index contributed by atoms with van der Waals surface area (Å²) in [7, 11) is 0. The molecule has 6 rings (SSSR count). The number of nitrogens with one attached hydrogen (secondary N) is 1. The van der Waals surface area contributed by atoms with Gasteiger partial charge in [-0.2, -0.15) is 0 Å². The van der Waals surface area contributed by atoms with Gasteiger partial charge >= 0.3 is 4.87 Å². The number of phenolic OH excluding ortho intramolecular Hbond substituents is 1. The predicted octanol–water partition coefficient (Wildman–Crippen LogP) is 5.01. The molecule has 2 N–H and O–H groups in total. The quantitative estimate of drug-likeness (QED) is 0.249. The number of imide groups is 1. The maximum absolute atomic E-state index is 13.9. The molecule has 3 amide bonds. The van der Waals surface area contributed by atoms with Crippen LogP contribution in [0, 0.1) is 12.8 Å². The van der Waals surface area contributed by atoms with Crippen LogP contribution in [0.4, 0.5) is 11.4 Å². The SMILES string of the molecule is Cc1ccc(N2C(=O)C3Sc4c(sc(=O)n4CC(=O)Nc4ccc(O)cc4)[C@H](c4ccc(Cl)cc4)C3C2=O)cc1. The van der Waals surface area contributed by atoms with Gasteiger partial charge in [0.25, 0.3) is 0 Å². The molecule has 1 aromatic heterocycles. The Hall–Kier alpha value is -3.86. The van der Waals surface area contributed by atoms with E-state index in [1.54, 1.807) is 36.4 Å². The van der Waals surface area contributed by atoms with Crippen molar-refractivity contribution in [2.45, 2.75) is 29.7 Å². The zero-order valence-corrected chi connectivity index (χ0v) is 23.4. The Morgan fingerprint density at radius 3 is 2.30 bits per heavy atom. The number of phenols is 1. The molecular formula is C29H22ClN3O5S2. The number of thiazole rings is 1. The van der Waals surface area contributed by atoms with E-state index in [1.165, 1.54) is 21.6 Å². The topological polar surface area (TPSA) is 109 Å². The Morgan fingerprint density at radius 1 is 0.950 bits per heavy atom. The number of rotatable bonds is 5. The second kappa shape index (κ2) is 10.3. The fraction of sp³-hybridized carbons (Fsp3) is 0.172. The summed E-state index contributed by atoms with van der Waals surface area (Å²) >= 11 is 8.29. The van der Waals surface area contributed by atoms with Gasteiger partial charge in [-0.15, -0.1) is 0 Å². The van der Waals surface area contributed by atoms with Crippen molar-refractivity contribution in [3.8, 4) is 5.75 Å². The van der Waals surface area contributed by atoms with Crippen molar-refractivity contribution in [2.75, 3.05) is 10.2 Å². The summed E-state index contributed by atoms with van der Waals surface area (Å²) in [5.74, 6) is -2.35. The molecule has 2 unspecified atom stereocenters. The first kappa shape index (κ1) is 26.4. The fourth-order valence-corrected chi connectivity index (χ4v) is 8.02. The van der Waals surface area contributed by atoms with E-state index in [0.717, 1.165) is 34.2 Å². The number of aromatic nitrogens is 1. The van der Waals surface area contributed by atoms with Crippen LogP contribution in [-0.2, 0) is 20.9 Å². The number of thioether (sulfide) groups is 1. The van der Waals surface area contributed by atoms with E-state index in [0.29, 0.717) is 26.3 Å². The average molecular weight is 592 g/mol. The highest BCUT2D eigenvalue weighted by molar-refractivity contribution is 8.00. The molecule has 3 aromatic carbocycles. The lowest BCUT2D eigenvalue weighted by Crippen LogP contribution is -2.33. The molecular weight excluding hydrogens is 570 g/mol. The van der Waals surface area contributed by atoms with E-state index in [1.807, 2.05) is 31.2 Å². The molecule has 2 aliphatic heterocycles. The smallest absolute Gasteiger partial charge is 0.308 e. The van der Waals surface area contributed by atoms with Crippen molar-refractivity contribution in [2.24, 2.45) is 5.92 Å². The molecule has 8 nitrogen and oxygen atoms in total. The van der Waals surface area contributed by atoms with Crippen LogP contribution < -0.4 is 15.1 Å². The van der Waals surface area contributed by atoms with Gasteiger partial charge in [-0.25, -0.2) is 4.90 Å². The van der Waals surface area contributed by atoms with Gasteiger partial charge in [0.05, 0.1) is 16.6 Å². The molecule has 1 saturated heterocycles. The predicted molar refractivity (Wildman–Crippen MR) is 155 cm³/mol. The van der Waals surface area contributed by atoms with E-state index in [-0.39, 0.29) is 29.0 Å². The van der Waals surface area contributed by atoms with Crippen LogP contribution in [0.1, 0.15) is 21.9 Å². The Labute approximate surface area is 242 Å². The minimum Gasteiger partial charge on any atom is -0.508 e. The molecule has 0 radical (unpaired) electrons. The van der Waals surface area contributed by atoms with E-state index in [2.05, 4.69) is 5.32 Å². The minimum atomic E-state index is -0.776. The minimum absolute atomic E-state index is 0.0655. The molecule has 0 aliphatic carbocycles. The molecule has 3 heterocycles. The van der Waals surface area contributed by atoms with Crippen molar-refractivity contribution < 1.29 is 19.5 Å². The highest BCUT2D eigenvalue weighted by atomic mass is 35.5. The monoisotopic (exact) mass is 591 g/mol. The van der Waals surface area contributed by atoms with Crippen LogP contribution in [0.3, 0.4) is 0 Å². The fourth-order valence-electron chi connectivity index (χ4n) is 5.12. The summed E-state index contributed by atoms with van der Waals surface area (Å²) in [6.07, 6.45) is 0. The Morgan fingerprint density at radius 2 is 1.62 bits per heavy atom. The molecule has 11 heteroatoms. The highest BCUT2D eigenvalue weighted by Crippen LogP contribution is 2.53. The van der Waals surface area contributed by atoms with Gasteiger partial charge in [-0.1, -0.05) is 64.5 Å². The molecule has 0 spiro atoms. The summed E-state index contributed by atoms with van der Waals surface area (Å²) in [6, 6.07) is 20.3. The number of aromatic hydroxyl groups is 1. The summed E-state index contributed by atoms with van der Waals surface area (Å²) in [5, 5.41) is 12.5. The van der Waals surface area contributed by atoms with E-state index in [4.69, 9.17) is 11.6 Å². The second-order valence-electron chi connectivity index (χ2n) is 9.66. The number of anilines is 2. The van der Waals surface area contributed by atoms with Crippen LogP contribution in [0.25, 0.3) is 0 Å². The van der Waals surface area contributed by atoms with Gasteiger partial charge < -0.3 is 10.4 Å². The van der Waals surface area contributed by atoms with Crippen molar-refractivity contribution in [3.63, 3.8) is 0 Å². The number of hydrogen-bond donors (Lipinski definition) is 2. The lowest BCUT2D eigenvalue weighted by molar-refractivity contribution is -0.122. The second-order valence-corrected chi connectivity index (χ2v) is 12.2. The van der Waals surface area contributed by atoms with Gasteiger partial charge in [0, 0.05) is 21.5 Å². The van der Waals surface area contributed by atoms with Crippen molar-refractivity contribution >= 4 is 63.8 Å². The number of nitrogens with zero attached hydrogens (tertiary/aromatic N) is 2. The van der Waals surface area contributed by atoms with Gasteiger partial charge in [-0.3, -0.25) is 23.7 Å². The maximum Gasteiger partial charge on any atom is 0.308 e. The van der Waals surface area contributed by atoms with Gasteiger partial charge in [-0.05, 0) is 61.0 Å². The summed E-state index contributed by atoms with van der Waals surface area (Å²) < 4.78 is 1.37. The average Bonchev–Trinajstić information content (AvgIpc) is 3.37. The van der Waals surface area contributed by atoms with Crippen LogP contribution in [-0.4, -0.2) is 32.6 Å². The number of fused-ring (bicyclic) bond motifs is 2. The Kier molecular flexibility index (Phi) is 6.77. The number of carbonyl (C=O) groups is 3. The molecule has 1 fully saturated rings. The van der Waals surface area contributed by atoms with Crippen LogP contribution in [0.2, 0.25) is 5.02 Å². The van der Waals surface area contributed by atoms with Crippen molar-refractivity contribution in [1.29, 1.82) is 0 Å². The Balaban J connectivity index is 1.40. The summed E-state index contributed by atoms with van der Waals surface area (Å²) in [4.78, 5) is 55.3. The van der Waals surface area contributed by atoms with Gasteiger partial charge in [0.1, 0.15) is 17.5 Å². The first-order chi connectivity index (χ1) is 19.2.